The topological polar surface area (TPSA) is 47.4 Å². The number of para-hydroxylation sites is 1. The minimum absolute atomic E-state index is 0.0491. The van der Waals surface area contributed by atoms with Crippen molar-refractivity contribution in [2.45, 2.75) is 20.8 Å². The lowest BCUT2D eigenvalue weighted by molar-refractivity contribution is -0.122. The zero-order chi connectivity index (χ0) is 24.2. The molecule has 0 atom stereocenters. The van der Waals surface area contributed by atoms with Gasteiger partial charge in [-0.1, -0.05) is 68.7 Å². The van der Waals surface area contributed by atoms with Gasteiger partial charge in [0.1, 0.15) is 22.4 Å². The second kappa shape index (κ2) is 10.4. The largest absolute Gasteiger partial charge is 0.490 e. The molecule has 0 saturated carbocycles. The molecule has 0 spiro atoms. The number of carbonyl (C=O) groups is 1. The molecule has 0 radical (unpaired) electrons. The van der Waals surface area contributed by atoms with Crippen LogP contribution in [0.1, 0.15) is 25.0 Å². The number of thiocarbonyl (C=S) groups is 1. The summed E-state index contributed by atoms with van der Waals surface area (Å²) in [6, 6.07) is 15.9. The van der Waals surface area contributed by atoms with Gasteiger partial charge in [0.15, 0.2) is 0 Å². The SMILES string of the molecule is C=CCOc1ccc(-c2nn(-c3ccccc3)cc2/C=C2/SC(=S)N(CC(C)C)C2=O)c(C)c1. The molecule has 0 unspecified atom stereocenters. The summed E-state index contributed by atoms with van der Waals surface area (Å²) in [5.74, 6) is 1.06. The Labute approximate surface area is 210 Å². The Morgan fingerprint density at radius 2 is 1.97 bits per heavy atom. The van der Waals surface area contributed by atoms with E-state index in [0.29, 0.717) is 28.3 Å². The van der Waals surface area contributed by atoms with E-state index in [0.717, 1.165) is 33.8 Å². The number of amides is 1. The molecule has 0 N–H and O–H groups in total. The van der Waals surface area contributed by atoms with Crippen LogP contribution in [0, 0.1) is 12.8 Å². The zero-order valence-corrected chi connectivity index (χ0v) is 21.2. The molecule has 1 amide bonds. The summed E-state index contributed by atoms with van der Waals surface area (Å²) < 4.78 is 8.13. The third-order valence-corrected chi connectivity index (χ3v) is 6.67. The Morgan fingerprint density at radius 3 is 2.65 bits per heavy atom. The van der Waals surface area contributed by atoms with Crippen LogP contribution in [-0.2, 0) is 4.79 Å². The summed E-state index contributed by atoms with van der Waals surface area (Å²) in [7, 11) is 0. The molecule has 1 aliphatic heterocycles. The Kier molecular flexibility index (Phi) is 7.34. The number of benzene rings is 2. The zero-order valence-electron chi connectivity index (χ0n) is 19.5. The van der Waals surface area contributed by atoms with Crippen molar-refractivity contribution in [1.82, 2.24) is 14.7 Å². The second-order valence-corrected chi connectivity index (χ2v) is 10.2. The molecule has 3 aromatic rings. The first kappa shape index (κ1) is 24.0. The standard InChI is InChI=1S/C27H27N3O2S2/c1-5-13-32-22-11-12-23(19(4)14-22)25-20(17-30(28-25)21-9-7-6-8-10-21)15-24-26(31)29(16-18(2)3)27(33)34-24/h5-12,14-15,17-18H,1,13,16H2,2-4H3/b24-15+. The number of hydrogen-bond acceptors (Lipinski definition) is 5. The molecule has 174 valence electrons. The summed E-state index contributed by atoms with van der Waals surface area (Å²) in [4.78, 5) is 15.4. The number of nitrogens with zero attached hydrogens (tertiary/aromatic N) is 3. The summed E-state index contributed by atoms with van der Waals surface area (Å²) in [6.07, 6.45) is 5.59. The van der Waals surface area contributed by atoms with Gasteiger partial charge in [0.25, 0.3) is 5.91 Å². The van der Waals surface area contributed by atoms with E-state index < -0.39 is 0 Å². The molecule has 1 aromatic heterocycles. The maximum atomic E-state index is 13.1. The van der Waals surface area contributed by atoms with E-state index in [2.05, 4.69) is 20.4 Å². The Hall–Kier alpha value is -3.16. The average Bonchev–Trinajstić information content (AvgIpc) is 3.34. The fraction of sp³-hybridized carbons (Fsp3) is 0.222. The number of rotatable bonds is 8. The normalized spacial score (nSPS) is 14.9. The monoisotopic (exact) mass is 489 g/mol. The smallest absolute Gasteiger partial charge is 0.266 e. The lowest BCUT2D eigenvalue weighted by Gasteiger charge is -2.16. The predicted molar refractivity (Wildman–Crippen MR) is 144 cm³/mol. The van der Waals surface area contributed by atoms with Gasteiger partial charge in [-0.25, -0.2) is 4.68 Å². The first-order chi connectivity index (χ1) is 16.4. The fourth-order valence-electron chi connectivity index (χ4n) is 3.73. The van der Waals surface area contributed by atoms with Crippen molar-refractivity contribution >= 4 is 40.3 Å². The van der Waals surface area contributed by atoms with Crippen LogP contribution in [0.2, 0.25) is 0 Å². The molecule has 1 fully saturated rings. The number of aryl methyl sites for hydroxylation is 1. The van der Waals surface area contributed by atoms with Crippen molar-refractivity contribution in [2.75, 3.05) is 13.2 Å². The summed E-state index contributed by atoms with van der Waals surface area (Å²) in [6.45, 7) is 11.0. The second-order valence-electron chi connectivity index (χ2n) is 8.48. The van der Waals surface area contributed by atoms with Crippen molar-refractivity contribution in [3.8, 4) is 22.7 Å². The van der Waals surface area contributed by atoms with E-state index in [1.807, 2.05) is 72.4 Å². The van der Waals surface area contributed by atoms with Gasteiger partial charge in [-0.2, -0.15) is 5.10 Å². The van der Waals surface area contributed by atoms with Crippen LogP contribution in [-0.4, -0.2) is 38.1 Å². The number of carbonyl (C=O) groups excluding carboxylic acids is 1. The number of thioether (sulfide) groups is 1. The van der Waals surface area contributed by atoms with E-state index in [9.17, 15) is 4.79 Å². The van der Waals surface area contributed by atoms with Crippen molar-refractivity contribution in [2.24, 2.45) is 5.92 Å². The van der Waals surface area contributed by atoms with Gasteiger partial charge in [-0.3, -0.25) is 9.69 Å². The van der Waals surface area contributed by atoms with Gasteiger partial charge in [0.2, 0.25) is 0 Å². The van der Waals surface area contributed by atoms with Gasteiger partial charge in [-0.15, -0.1) is 0 Å². The van der Waals surface area contributed by atoms with Gasteiger partial charge in [0.05, 0.1) is 10.6 Å². The lowest BCUT2D eigenvalue weighted by atomic mass is 10.0. The maximum Gasteiger partial charge on any atom is 0.266 e. The number of ether oxygens (including phenoxy) is 1. The third-order valence-electron chi connectivity index (χ3n) is 5.29. The predicted octanol–water partition coefficient (Wildman–Crippen LogP) is 6.27. The molecule has 0 aliphatic carbocycles. The highest BCUT2D eigenvalue weighted by atomic mass is 32.2. The highest BCUT2D eigenvalue weighted by molar-refractivity contribution is 8.26. The van der Waals surface area contributed by atoms with E-state index in [-0.39, 0.29) is 5.91 Å². The van der Waals surface area contributed by atoms with E-state index in [1.54, 1.807) is 11.0 Å². The van der Waals surface area contributed by atoms with Crippen LogP contribution in [0.25, 0.3) is 23.0 Å². The van der Waals surface area contributed by atoms with E-state index in [1.165, 1.54) is 11.8 Å². The fourth-order valence-corrected chi connectivity index (χ4v) is 4.99. The van der Waals surface area contributed by atoms with Crippen molar-refractivity contribution in [1.29, 1.82) is 0 Å². The van der Waals surface area contributed by atoms with Crippen LogP contribution in [0.4, 0.5) is 0 Å². The highest BCUT2D eigenvalue weighted by Crippen LogP contribution is 2.36. The molecule has 1 saturated heterocycles. The van der Waals surface area contributed by atoms with Crippen LogP contribution in [0.5, 0.6) is 5.75 Å². The molecule has 34 heavy (non-hydrogen) atoms. The molecule has 5 nitrogen and oxygen atoms in total. The molecule has 2 aromatic carbocycles. The van der Waals surface area contributed by atoms with Crippen molar-refractivity contribution < 1.29 is 9.53 Å². The van der Waals surface area contributed by atoms with Crippen LogP contribution < -0.4 is 4.74 Å². The minimum atomic E-state index is -0.0491. The van der Waals surface area contributed by atoms with Gasteiger partial charge < -0.3 is 4.74 Å². The molecule has 7 heteroatoms. The Morgan fingerprint density at radius 1 is 1.21 bits per heavy atom. The quantitative estimate of drug-likeness (QED) is 0.212. The van der Waals surface area contributed by atoms with Crippen molar-refractivity contribution in [3.05, 3.63) is 83.4 Å². The number of aromatic nitrogens is 2. The molecule has 1 aliphatic rings. The Balaban J connectivity index is 1.78. The third kappa shape index (κ3) is 5.16. The summed E-state index contributed by atoms with van der Waals surface area (Å²) in [5, 5.41) is 4.90. The average molecular weight is 490 g/mol. The highest BCUT2D eigenvalue weighted by Gasteiger charge is 2.32. The maximum absolute atomic E-state index is 13.1. The van der Waals surface area contributed by atoms with Gasteiger partial charge >= 0.3 is 0 Å². The van der Waals surface area contributed by atoms with Crippen molar-refractivity contribution in [3.63, 3.8) is 0 Å². The van der Waals surface area contributed by atoms with E-state index in [4.69, 9.17) is 22.1 Å². The lowest BCUT2D eigenvalue weighted by Crippen LogP contribution is -2.31. The number of hydrogen-bond donors (Lipinski definition) is 0. The van der Waals surface area contributed by atoms with Gasteiger partial charge in [-0.05, 0) is 54.8 Å². The molecule has 0 bridgehead atoms. The Bertz CT molecular complexity index is 1260. The minimum Gasteiger partial charge on any atom is -0.490 e. The van der Waals surface area contributed by atoms with Crippen LogP contribution in [0.15, 0.2) is 72.3 Å². The molecule has 2 heterocycles. The van der Waals surface area contributed by atoms with Crippen LogP contribution in [0.3, 0.4) is 0 Å². The summed E-state index contributed by atoms with van der Waals surface area (Å²) in [5.41, 5.74) is 4.60. The molecular formula is C27H27N3O2S2. The van der Waals surface area contributed by atoms with E-state index >= 15 is 0 Å². The first-order valence-electron chi connectivity index (χ1n) is 11.1. The first-order valence-corrected chi connectivity index (χ1v) is 12.3. The molecular weight excluding hydrogens is 462 g/mol. The van der Waals surface area contributed by atoms with Gasteiger partial charge in [0, 0.05) is 23.9 Å². The molecule has 4 rings (SSSR count). The van der Waals surface area contributed by atoms with Crippen LogP contribution >= 0.6 is 24.0 Å². The summed E-state index contributed by atoms with van der Waals surface area (Å²) >= 11 is 6.84.